The van der Waals surface area contributed by atoms with E-state index in [0.717, 1.165) is 10.6 Å². The Kier molecular flexibility index (Phi) is 2.65. The number of thiazole rings is 1. The van der Waals surface area contributed by atoms with Crippen LogP contribution in [0.2, 0.25) is 0 Å². The van der Waals surface area contributed by atoms with Crippen molar-refractivity contribution in [2.45, 2.75) is 6.42 Å². The van der Waals surface area contributed by atoms with E-state index in [1.54, 1.807) is 6.07 Å². The molecule has 0 saturated carbocycles. The van der Waals surface area contributed by atoms with Crippen LogP contribution in [0.25, 0.3) is 0 Å². The minimum absolute atomic E-state index is 0.160. The lowest BCUT2D eigenvalue weighted by atomic mass is 10.3. The largest absolute Gasteiger partial charge is 0.375 e. The maximum atomic E-state index is 10.5. The van der Waals surface area contributed by atoms with Gasteiger partial charge in [0, 0.05) is 22.7 Å². The number of nitrogens with zero attached hydrogens (tertiary/aromatic N) is 2. The summed E-state index contributed by atoms with van der Waals surface area (Å²) in [6.07, 6.45) is 0.603. The van der Waals surface area contributed by atoms with Gasteiger partial charge < -0.3 is 5.73 Å². The van der Waals surface area contributed by atoms with Crippen molar-refractivity contribution in [3.05, 3.63) is 38.2 Å². The highest BCUT2D eigenvalue weighted by atomic mass is 32.1. The van der Waals surface area contributed by atoms with E-state index < -0.39 is 0 Å². The zero-order valence-electron chi connectivity index (χ0n) is 7.54. The fourth-order valence-corrected chi connectivity index (χ4v) is 2.54. The van der Waals surface area contributed by atoms with E-state index in [2.05, 4.69) is 4.98 Å². The second kappa shape index (κ2) is 3.95. The van der Waals surface area contributed by atoms with Crippen LogP contribution in [0.3, 0.4) is 0 Å². The molecule has 0 spiro atoms. The Bertz CT molecular complexity index is 492. The number of nitro groups is 1. The fraction of sp³-hybridized carbons (Fsp3) is 0.125. The molecular weight excluding hydrogens is 234 g/mol. The summed E-state index contributed by atoms with van der Waals surface area (Å²) in [4.78, 5) is 15.1. The lowest BCUT2D eigenvalue weighted by molar-refractivity contribution is -0.380. The van der Waals surface area contributed by atoms with E-state index in [0.29, 0.717) is 11.6 Å². The van der Waals surface area contributed by atoms with Crippen molar-refractivity contribution in [1.29, 1.82) is 0 Å². The van der Waals surface area contributed by atoms with Crippen molar-refractivity contribution < 1.29 is 4.92 Å². The summed E-state index contributed by atoms with van der Waals surface area (Å²) in [5.74, 6) is 0. The molecule has 5 nitrogen and oxygen atoms in total. The van der Waals surface area contributed by atoms with Gasteiger partial charge >= 0.3 is 5.00 Å². The number of hydrogen-bond acceptors (Lipinski definition) is 6. The van der Waals surface area contributed by atoms with Crippen LogP contribution in [-0.2, 0) is 6.42 Å². The van der Waals surface area contributed by atoms with Crippen LogP contribution in [0.5, 0.6) is 0 Å². The van der Waals surface area contributed by atoms with Crippen molar-refractivity contribution in [3.8, 4) is 0 Å². The molecule has 0 aliphatic rings. The topological polar surface area (TPSA) is 82.0 Å². The molecule has 0 radical (unpaired) electrons. The Morgan fingerprint density at radius 1 is 1.53 bits per heavy atom. The average molecular weight is 241 g/mol. The Balaban J connectivity index is 2.14. The summed E-state index contributed by atoms with van der Waals surface area (Å²) >= 11 is 2.54. The van der Waals surface area contributed by atoms with Gasteiger partial charge in [0.1, 0.15) is 0 Å². The van der Waals surface area contributed by atoms with Crippen LogP contribution in [0.4, 0.5) is 10.1 Å². The average Bonchev–Trinajstić information content (AvgIpc) is 2.76. The van der Waals surface area contributed by atoms with Crippen LogP contribution in [0, 0.1) is 10.1 Å². The normalized spacial score (nSPS) is 10.4. The van der Waals surface area contributed by atoms with Crippen LogP contribution >= 0.6 is 22.7 Å². The molecule has 78 valence electrons. The molecule has 15 heavy (non-hydrogen) atoms. The van der Waals surface area contributed by atoms with Gasteiger partial charge in [-0.15, -0.1) is 11.3 Å². The lowest BCUT2D eigenvalue weighted by Gasteiger charge is -1.89. The summed E-state index contributed by atoms with van der Waals surface area (Å²) in [5.41, 5.74) is 6.34. The number of anilines is 1. The fourth-order valence-electron chi connectivity index (χ4n) is 1.14. The molecule has 0 unspecified atom stereocenters. The molecule has 2 aromatic rings. The van der Waals surface area contributed by atoms with Gasteiger partial charge in [-0.05, 0) is 6.07 Å². The Morgan fingerprint density at radius 3 is 2.87 bits per heavy atom. The number of rotatable bonds is 3. The summed E-state index contributed by atoms with van der Waals surface area (Å²) in [6.45, 7) is 0. The highest BCUT2D eigenvalue weighted by Crippen LogP contribution is 2.26. The molecule has 0 aliphatic carbocycles. The van der Waals surface area contributed by atoms with E-state index >= 15 is 0 Å². The van der Waals surface area contributed by atoms with Gasteiger partial charge in [0.15, 0.2) is 5.13 Å². The summed E-state index contributed by atoms with van der Waals surface area (Å²) in [5, 5.41) is 13.0. The van der Waals surface area contributed by atoms with Crippen molar-refractivity contribution in [2.75, 3.05) is 5.73 Å². The van der Waals surface area contributed by atoms with Crippen molar-refractivity contribution >= 4 is 32.8 Å². The number of nitrogens with two attached hydrogens (primary N) is 1. The molecule has 2 aromatic heterocycles. The zero-order chi connectivity index (χ0) is 10.8. The second-order valence-corrected chi connectivity index (χ2v) is 4.89. The van der Waals surface area contributed by atoms with Gasteiger partial charge in [-0.3, -0.25) is 10.1 Å². The van der Waals surface area contributed by atoms with Gasteiger partial charge in [0.2, 0.25) is 0 Å². The van der Waals surface area contributed by atoms with Crippen LogP contribution in [0.1, 0.15) is 10.6 Å². The number of aromatic nitrogens is 1. The van der Waals surface area contributed by atoms with Gasteiger partial charge in [0.25, 0.3) is 0 Å². The van der Waals surface area contributed by atoms with E-state index in [1.807, 2.05) is 5.38 Å². The second-order valence-electron chi connectivity index (χ2n) is 2.85. The third kappa shape index (κ3) is 2.31. The minimum Gasteiger partial charge on any atom is -0.375 e. The Labute approximate surface area is 93.3 Å². The molecule has 2 N–H and O–H groups in total. The van der Waals surface area contributed by atoms with Crippen LogP contribution in [0.15, 0.2) is 17.5 Å². The first-order chi connectivity index (χ1) is 7.15. The van der Waals surface area contributed by atoms with Gasteiger partial charge in [-0.1, -0.05) is 11.3 Å². The van der Waals surface area contributed by atoms with Gasteiger partial charge in [0.05, 0.1) is 10.6 Å². The summed E-state index contributed by atoms with van der Waals surface area (Å²) in [6, 6.07) is 3.26. The molecule has 0 bridgehead atoms. The smallest absolute Gasteiger partial charge is 0.324 e. The third-order valence-electron chi connectivity index (χ3n) is 1.75. The minimum atomic E-state index is -0.385. The molecule has 0 fully saturated rings. The van der Waals surface area contributed by atoms with Crippen molar-refractivity contribution in [2.24, 2.45) is 0 Å². The molecule has 2 heterocycles. The maximum Gasteiger partial charge on any atom is 0.324 e. The number of hydrogen-bond donors (Lipinski definition) is 1. The predicted octanol–water partition coefficient (Wildman–Crippen LogP) is 2.29. The molecule has 0 saturated heterocycles. The molecule has 0 aliphatic heterocycles. The van der Waals surface area contributed by atoms with Crippen LogP contribution in [-0.4, -0.2) is 9.91 Å². The van der Waals surface area contributed by atoms with Crippen molar-refractivity contribution in [3.63, 3.8) is 0 Å². The lowest BCUT2D eigenvalue weighted by Crippen LogP contribution is -1.87. The van der Waals surface area contributed by atoms with E-state index in [4.69, 9.17) is 5.73 Å². The summed E-state index contributed by atoms with van der Waals surface area (Å²) < 4.78 is 0. The highest BCUT2D eigenvalue weighted by Gasteiger charge is 2.10. The number of nitrogen functional groups attached to an aromatic ring is 1. The number of thiophene rings is 1. The highest BCUT2D eigenvalue weighted by molar-refractivity contribution is 7.15. The Hall–Kier alpha value is -1.47. The standard InChI is InChI=1S/C8H7N3O2S2/c9-8-10-5(4-14-8)3-6-1-2-7(15-6)11(12)13/h1-2,4H,3H2,(H2,9,10). The third-order valence-corrected chi connectivity index (χ3v) is 3.51. The zero-order valence-corrected chi connectivity index (χ0v) is 9.18. The molecule has 7 heteroatoms. The SMILES string of the molecule is Nc1nc(Cc2ccc([N+](=O)[O-])s2)cs1. The molecule has 2 rings (SSSR count). The molecular formula is C8H7N3O2S2. The summed E-state index contributed by atoms with van der Waals surface area (Å²) in [7, 11) is 0. The van der Waals surface area contributed by atoms with E-state index in [1.165, 1.54) is 28.7 Å². The van der Waals surface area contributed by atoms with E-state index in [-0.39, 0.29) is 9.92 Å². The van der Waals surface area contributed by atoms with Gasteiger partial charge in [-0.25, -0.2) is 4.98 Å². The first-order valence-corrected chi connectivity index (χ1v) is 5.78. The monoisotopic (exact) mass is 241 g/mol. The maximum absolute atomic E-state index is 10.5. The van der Waals surface area contributed by atoms with Crippen molar-refractivity contribution in [1.82, 2.24) is 4.98 Å². The first kappa shape index (κ1) is 10.1. The quantitative estimate of drug-likeness (QED) is 0.660. The van der Waals surface area contributed by atoms with Crippen LogP contribution < -0.4 is 5.73 Å². The molecule has 0 amide bonds. The Morgan fingerprint density at radius 2 is 2.33 bits per heavy atom. The van der Waals surface area contributed by atoms with E-state index in [9.17, 15) is 10.1 Å². The molecule has 0 aromatic carbocycles. The predicted molar refractivity (Wildman–Crippen MR) is 60.3 cm³/mol. The first-order valence-electron chi connectivity index (χ1n) is 4.08. The van der Waals surface area contributed by atoms with Gasteiger partial charge in [-0.2, -0.15) is 0 Å². The molecule has 0 atom stereocenters.